The molecule has 1 aromatic carbocycles. The zero-order valence-electron chi connectivity index (χ0n) is 5.65. The first kappa shape index (κ1) is 7.66. The lowest BCUT2D eigenvalue weighted by molar-refractivity contribution is 0.0746. The Bertz CT molecular complexity index is 272. The normalized spacial score (nSPS) is 9.09. The van der Waals surface area contributed by atoms with Crippen molar-refractivity contribution in [2.24, 2.45) is 0 Å². The Morgan fingerprint density at radius 1 is 1.45 bits per heavy atom. The van der Waals surface area contributed by atoms with Crippen molar-refractivity contribution in [3.05, 3.63) is 29.8 Å². The molecule has 0 unspecified atom stereocenters. The Labute approximate surface area is 65.1 Å². The molecule has 0 aliphatic heterocycles. The summed E-state index contributed by atoms with van der Waals surface area (Å²) < 4.78 is 3.92. The minimum atomic E-state index is -0.747. The molecule has 0 aliphatic rings. The van der Waals surface area contributed by atoms with E-state index < -0.39 is 5.97 Å². The molecule has 0 amide bonds. The van der Waals surface area contributed by atoms with E-state index in [9.17, 15) is 4.79 Å². The molecule has 0 bridgehead atoms. The highest BCUT2D eigenvalue weighted by molar-refractivity contribution is 6.10. The fourth-order valence-corrected chi connectivity index (χ4v) is 0.710. The van der Waals surface area contributed by atoms with Crippen molar-refractivity contribution in [2.45, 2.75) is 0 Å². The van der Waals surface area contributed by atoms with Crippen LogP contribution in [0.15, 0.2) is 24.3 Å². The number of hydrogen-bond acceptors (Lipinski definition) is 3. The van der Waals surface area contributed by atoms with E-state index in [1.54, 1.807) is 12.1 Å². The summed E-state index contributed by atoms with van der Waals surface area (Å²) in [5.74, 6) is -0.883. The van der Waals surface area contributed by atoms with Crippen LogP contribution in [0.25, 0.3) is 0 Å². The van der Waals surface area contributed by atoms with Gasteiger partial charge >= 0.3 is 14.0 Å². The van der Waals surface area contributed by atoms with E-state index >= 15 is 0 Å². The molecule has 0 aliphatic carbocycles. The van der Waals surface area contributed by atoms with Crippen molar-refractivity contribution in [1.29, 1.82) is 0 Å². The van der Waals surface area contributed by atoms with Crippen molar-refractivity contribution >= 4 is 14.0 Å². The number of hydrogen-bond donors (Lipinski definition) is 1. The van der Waals surface area contributed by atoms with Crippen LogP contribution in [0.4, 0.5) is 0 Å². The summed E-state index contributed by atoms with van der Waals surface area (Å²) in [7, 11) is 4.61. The van der Waals surface area contributed by atoms with Gasteiger partial charge in [-0.3, -0.25) is 0 Å². The monoisotopic (exact) mass is 148 g/mol. The first-order valence-corrected chi connectivity index (χ1v) is 2.94. The molecule has 0 fully saturated rings. The molecule has 11 heavy (non-hydrogen) atoms. The lowest BCUT2D eigenvalue weighted by Crippen LogP contribution is -2.01. The maximum atomic E-state index is 10.7. The second-order valence-corrected chi connectivity index (χ2v) is 1.92. The molecule has 1 aromatic rings. The molecule has 1 N–H and O–H groups in total. The lowest BCUT2D eigenvalue weighted by atomic mass is 10.2. The Kier molecular flexibility index (Phi) is 2.16. The molecule has 3 nitrogen and oxygen atoms in total. The van der Waals surface area contributed by atoms with Crippen LogP contribution in [0, 0.1) is 0 Å². The third-order valence-electron chi connectivity index (χ3n) is 1.23. The van der Waals surface area contributed by atoms with Crippen LogP contribution < -0.4 is 0 Å². The van der Waals surface area contributed by atoms with Gasteiger partial charge in [0.25, 0.3) is 0 Å². The standard InChI is InChI=1S/C7H5BO3/c8-11-7(10)5-3-1-2-4-6(5)9/h1-4,9H. The number of phenols is 1. The quantitative estimate of drug-likeness (QED) is 0.594. The molecule has 0 aromatic heterocycles. The second kappa shape index (κ2) is 3.10. The topological polar surface area (TPSA) is 46.5 Å². The van der Waals surface area contributed by atoms with E-state index in [0.29, 0.717) is 0 Å². The zero-order valence-corrected chi connectivity index (χ0v) is 5.65. The summed E-state index contributed by atoms with van der Waals surface area (Å²) in [5, 5.41) is 9.06. The summed E-state index contributed by atoms with van der Waals surface area (Å²) in [6.07, 6.45) is 0. The fourth-order valence-electron chi connectivity index (χ4n) is 0.710. The van der Waals surface area contributed by atoms with Crippen LogP contribution in [0.1, 0.15) is 10.4 Å². The van der Waals surface area contributed by atoms with Crippen molar-refractivity contribution in [1.82, 2.24) is 0 Å². The van der Waals surface area contributed by atoms with E-state index in [-0.39, 0.29) is 11.3 Å². The van der Waals surface area contributed by atoms with Gasteiger partial charge in [-0.2, -0.15) is 0 Å². The number of para-hydroxylation sites is 1. The van der Waals surface area contributed by atoms with Crippen molar-refractivity contribution in [2.75, 3.05) is 0 Å². The molecule has 0 saturated carbocycles. The average molecular weight is 148 g/mol. The number of carbonyl (C=O) groups is 1. The van der Waals surface area contributed by atoms with Gasteiger partial charge in [0, 0.05) is 0 Å². The second-order valence-electron chi connectivity index (χ2n) is 1.92. The lowest BCUT2D eigenvalue weighted by Gasteiger charge is -2.00. The van der Waals surface area contributed by atoms with Crippen LogP contribution >= 0.6 is 0 Å². The number of benzene rings is 1. The third kappa shape index (κ3) is 1.52. The average Bonchev–Trinajstić information content (AvgIpc) is 2.04. The summed E-state index contributed by atoms with van der Waals surface area (Å²) in [4.78, 5) is 10.7. The Hall–Kier alpha value is -1.45. The first-order valence-electron chi connectivity index (χ1n) is 2.94. The van der Waals surface area contributed by atoms with Gasteiger partial charge < -0.3 is 9.76 Å². The molecule has 54 valence electrons. The highest BCUT2D eigenvalue weighted by Crippen LogP contribution is 2.15. The molecule has 0 saturated heterocycles. The van der Waals surface area contributed by atoms with Gasteiger partial charge in [-0.05, 0) is 12.1 Å². The van der Waals surface area contributed by atoms with Gasteiger partial charge in [0.1, 0.15) is 5.75 Å². The third-order valence-corrected chi connectivity index (χ3v) is 1.23. The summed E-state index contributed by atoms with van der Waals surface area (Å²) in [5.41, 5.74) is 0.0648. The molecule has 0 heterocycles. The molecule has 4 heteroatoms. The van der Waals surface area contributed by atoms with Gasteiger partial charge in [0.05, 0.1) is 5.56 Å². The van der Waals surface area contributed by atoms with Crippen LogP contribution in [0.2, 0.25) is 0 Å². The van der Waals surface area contributed by atoms with Gasteiger partial charge in [-0.1, -0.05) is 12.1 Å². The molecular formula is C7H5BO3. The largest absolute Gasteiger partial charge is 0.540 e. The maximum Gasteiger partial charge on any atom is 0.378 e. The van der Waals surface area contributed by atoms with E-state index in [0.717, 1.165) is 0 Å². The summed E-state index contributed by atoms with van der Waals surface area (Å²) in [6.45, 7) is 0. The van der Waals surface area contributed by atoms with Crippen molar-refractivity contribution in [3.63, 3.8) is 0 Å². The zero-order chi connectivity index (χ0) is 8.27. The highest BCUT2D eigenvalue weighted by Gasteiger charge is 2.07. The van der Waals surface area contributed by atoms with E-state index in [1.165, 1.54) is 12.1 Å². The molecular weight excluding hydrogens is 143 g/mol. The van der Waals surface area contributed by atoms with E-state index in [4.69, 9.17) is 5.11 Å². The van der Waals surface area contributed by atoms with Crippen LogP contribution in [-0.2, 0) is 4.65 Å². The Balaban J connectivity index is 3.03. The van der Waals surface area contributed by atoms with Gasteiger partial charge in [0.2, 0.25) is 0 Å². The van der Waals surface area contributed by atoms with Crippen molar-refractivity contribution in [3.8, 4) is 5.75 Å². The molecule has 1 rings (SSSR count). The first-order chi connectivity index (χ1) is 5.25. The van der Waals surface area contributed by atoms with Gasteiger partial charge in [-0.25, -0.2) is 4.79 Å². The maximum absolute atomic E-state index is 10.7. The van der Waals surface area contributed by atoms with E-state index in [1.807, 2.05) is 0 Å². The molecule has 2 radical (unpaired) electrons. The fraction of sp³-hybridized carbons (Fsp3) is 0. The van der Waals surface area contributed by atoms with Gasteiger partial charge in [0.15, 0.2) is 0 Å². The smallest absolute Gasteiger partial charge is 0.378 e. The summed E-state index contributed by atoms with van der Waals surface area (Å²) >= 11 is 0. The number of aromatic hydroxyl groups is 1. The molecule has 0 spiro atoms. The summed E-state index contributed by atoms with van der Waals surface area (Å²) in [6, 6.07) is 6.01. The van der Waals surface area contributed by atoms with E-state index in [2.05, 4.69) is 12.7 Å². The van der Waals surface area contributed by atoms with Crippen molar-refractivity contribution < 1.29 is 14.6 Å². The minimum absolute atomic E-state index is 0.0648. The Morgan fingerprint density at radius 2 is 2.09 bits per heavy atom. The van der Waals surface area contributed by atoms with Crippen LogP contribution in [0.3, 0.4) is 0 Å². The Morgan fingerprint density at radius 3 is 2.64 bits per heavy atom. The number of carbonyl (C=O) groups excluding carboxylic acids is 1. The minimum Gasteiger partial charge on any atom is -0.540 e. The highest BCUT2D eigenvalue weighted by atomic mass is 16.5. The van der Waals surface area contributed by atoms with Gasteiger partial charge in [-0.15, -0.1) is 0 Å². The van der Waals surface area contributed by atoms with Crippen LogP contribution in [0.5, 0.6) is 5.75 Å². The number of phenolic OH excluding ortho intramolecular Hbond substituents is 1. The predicted molar refractivity (Wildman–Crippen MR) is 39.3 cm³/mol. The molecule has 0 atom stereocenters. The predicted octanol–water partition coefficient (Wildman–Crippen LogP) is 0.632. The van der Waals surface area contributed by atoms with Crippen LogP contribution in [-0.4, -0.2) is 19.1 Å². The SMILES string of the molecule is [B]OC(=O)c1ccccc1O. The number of rotatable bonds is 1.